The summed E-state index contributed by atoms with van der Waals surface area (Å²) in [7, 11) is 0. The summed E-state index contributed by atoms with van der Waals surface area (Å²) in [6.45, 7) is 5.08. The van der Waals surface area contributed by atoms with Gasteiger partial charge in [0.05, 0.1) is 18.7 Å². The van der Waals surface area contributed by atoms with E-state index < -0.39 is 0 Å². The summed E-state index contributed by atoms with van der Waals surface area (Å²) in [4.78, 5) is 14.3. The quantitative estimate of drug-likeness (QED) is 0.878. The number of carbonyl (C=O) groups excluding carboxylic acids is 1. The van der Waals surface area contributed by atoms with Crippen LogP contribution in [0.4, 0.5) is 4.79 Å². The fourth-order valence-corrected chi connectivity index (χ4v) is 3.69. The second-order valence-corrected chi connectivity index (χ2v) is 6.48. The van der Waals surface area contributed by atoms with Crippen molar-refractivity contribution in [3.63, 3.8) is 0 Å². The molecular weight excluding hydrogens is 264 g/mol. The molecule has 1 saturated heterocycles. The lowest BCUT2D eigenvalue weighted by Crippen LogP contribution is -2.45. The number of hydrogen-bond acceptors (Lipinski definition) is 2. The van der Waals surface area contributed by atoms with Crippen LogP contribution in [0.25, 0.3) is 0 Å². The van der Waals surface area contributed by atoms with Gasteiger partial charge in [-0.05, 0) is 43.2 Å². The minimum Gasteiger partial charge on any atom is -0.394 e. The van der Waals surface area contributed by atoms with Gasteiger partial charge < -0.3 is 15.3 Å². The van der Waals surface area contributed by atoms with E-state index in [1.54, 1.807) is 4.90 Å². The highest BCUT2D eigenvalue weighted by Crippen LogP contribution is 2.36. The first-order valence-electron chi connectivity index (χ1n) is 7.87. The Balaban J connectivity index is 1.76. The molecule has 2 N–H and O–H groups in total. The average Bonchev–Trinajstić information content (AvgIpc) is 3.04. The lowest BCUT2D eigenvalue weighted by Gasteiger charge is -2.27. The van der Waals surface area contributed by atoms with Crippen LogP contribution in [-0.4, -0.2) is 35.2 Å². The number of urea groups is 1. The van der Waals surface area contributed by atoms with Crippen molar-refractivity contribution in [1.82, 2.24) is 10.2 Å². The Morgan fingerprint density at radius 1 is 1.48 bits per heavy atom. The topological polar surface area (TPSA) is 52.6 Å². The van der Waals surface area contributed by atoms with Gasteiger partial charge in [-0.2, -0.15) is 0 Å². The summed E-state index contributed by atoms with van der Waals surface area (Å²) in [5, 5.41) is 12.6. The Hall–Kier alpha value is -1.55. The predicted molar refractivity (Wildman–Crippen MR) is 82.1 cm³/mol. The lowest BCUT2D eigenvalue weighted by atomic mass is 10.0. The molecular formula is C17H24N2O2. The van der Waals surface area contributed by atoms with Gasteiger partial charge in [-0.15, -0.1) is 0 Å². The molecule has 1 fully saturated rings. The molecule has 3 atom stereocenters. The van der Waals surface area contributed by atoms with Gasteiger partial charge >= 0.3 is 6.03 Å². The first-order valence-corrected chi connectivity index (χ1v) is 7.87. The summed E-state index contributed by atoms with van der Waals surface area (Å²) >= 11 is 0. The van der Waals surface area contributed by atoms with Crippen molar-refractivity contribution in [2.24, 2.45) is 5.92 Å². The standard InChI is InChI=1S/C17H24N2O2/c1-11-5-6-13-9-12(2)16(15(13)8-11)18-17(21)19-7-3-4-14(19)10-20/h5-6,8,12,14,16,20H,3-4,7,9-10H2,1-2H3,(H,18,21)/t12-,14-,16-/m0/s1. The molecule has 0 aromatic heterocycles. The van der Waals surface area contributed by atoms with E-state index in [-0.39, 0.29) is 24.7 Å². The molecule has 0 saturated carbocycles. The van der Waals surface area contributed by atoms with E-state index >= 15 is 0 Å². The van der Waals surface area contributed by atoms with Gasteiger partial charge in [-0.3, -0.25) is 0 Å². The summed E-state index contributed by atoms with van der Waals surface area (Å²) in [5.74, 6) is 0.418. The van der Waals surface area contributed by atoms with Gasteiger partial charge in [0.2, 0.25) is 0 Å². The second-order valence-electron chi connectivity index (χ2n) is 6.48. The highest BCUT2D eigenvalue weighted by atomic mass is 16.3. The molecule has 2 aliphatic rings. The zero-order chi connectivity index (χ0) is 15.0. The summed E-state index contributed by atoms with van der Waals surface area (Å²) in [5.41, 5.74) is 3.84. The molecule has 1 aliphatic heterocycles. The van der Waals surface area contributed by atoms with E-state index in [2.05, 4.69) is 37.4 Å². The van der Waals surface area contributed by atoms with Gasteiger partial charge in [-0.25, -0.2) is 4.79 Å². The highest BCUT2D eigenvalue weighted by Gasteiger charge is 2.34. The van der Waals surface area contributed by atoms with E-state index in [0.717, 1.165) is 25.8 Å². The van der Waals surface area contributed by atoms with E-state index in [4.69, 9.17) is 0 Å². The van der Waals surface area contributed by atoms with Crippen molar-refractivity contribution >= 4 is 6.03 Å². The number of aryl methyl sites for hydroxylation is 1. The molecule has 1 aliphatic carbocycles. The molecule has 0 radical (unpaired) electrons. The van der Waals surface area contributed by atoms with Crippen molar-refractivity contribution in [3.8, 4) is 0 Å². The molecule has 0 unspecified atom stereocenters. The van der Waals surface area contributed by atoms with Crippen LogP contribution in [0.3, 0.4) is 0 Å². The maximum absolute atomic E-state index is 12.5. The maximum atomic E-state index is 12.5. The monoisotopic (exact) mass is 288 g/mol. The third-order valence-corrected chi connectivity index (χ3v) is 4.88. The molecule has 0 bridgehead atoms. The predicted octanol–water partition coefficient (Wildman–Crippen LogP) is 2.39. The van der Waals surface area contributed by atoms with Gasteiger partial charge in [0.1, 0.15) is 0 Å². The number of aliphatic hydroxyl groups is 1. The van der Waals surface area contributed by atoms with E-state index in [0.29, 0.717) is 5.92 Å². The lowest BCUT2D eigenvalue weighted by molar-refractivity contribution is 0.153. The number of amides is 2. The molecule has 0 spiro atoms. The van der Waals surface area contributed by atoms with Crippen LogP contribution >= 0.6 is 0 Å². The van der Waals surface area contributed by atoms with Crippen molar-refractivity contribution in [2.75, 3.05) is 13.2 Å². The van der Waals surface area contributed by atoms with Crippen LogP contribution < -0.4 is 5.32 Å². The number of hydrogen-bond donors (Lipinski definition) is 2. The molecule has 1 heterocycles. The number of fused-ring (bicyclic) bond motifs is 1. The average molecular weight is 288 g/mol. The zero-order valence-corrected chi connectivity index (χ0v) is 12.8. The number of rotatable bonds is 2. The molecule has 1 aromatic rings. The van der Waals surface area contributed by atoms with Gasteiger partial charge in [0, 0.05) is 6.54 Å². The zero-order valence-electron chi connectivity index (χ0n) is 12.8. The van der Waals surface area contributed by atoms with Gasteiger partial charge in [0.25, 0.3) is 0 Å². The smallest absolute Gasteiger partial charge is 0.318 e. The first-order chi connectivity index (χ1) is 10.1. The normalized spacial score (nSPS) is 27.8. The third kappa shape index (κ3) is 2.64. The Morgan fingerprint density at radius 3 is 3.05 bits per heavy atom. The molecule has 2 amide bonds. The van der Waals surface area contributed by atoms with Crippen molar-refractivity contribution in [3.05, 3.63) is 34.9 Å². The number of aliphatic hydroxyl groups excluding tert-OH is 1. The Morgan fingerprint density at radius 2 is 2.29 bits per heavy atom. The van der Waals surface area contributed by atoms with Gasteiger partial charge in [-0.1, -0.05) is 30.7 Å². The maximum Gasteiger partial charge on any atom is 0.318 e. The Labute approximate surface area is 126 Å². The van der Waals surface area contributed by atoms with E-state index in [1.165, 1.54) is 16.7 Å². The van der Waals surface area contributed by atoms with Crippen molar-refractivity contribution in [2.45, 2.75) is 45.2 Å². The number of carbonyl (C=O) groups is 1. The minimum atomic E-state index is -0.0299. The number of benzene rings is 1. The van der Waals surface area contributed by atoms with Crippen LogP contribution in [0, 0.1) is 12.8 Å². The number of likely N-dealkylation sites (tertiary alicyclic amines) is 1. The van der Waals surface area contributed by atoms with Crippen LogP contribution in [-0.2, 0) is 6.42 Å². The summed E-state index contributed by atoms with van der Waals surface area (Å²) < 4.78 is 0. The van der Waals surface area contributed by atoms with Crippen molar-refractivity contribution < 1.29 is 9.90 Å². The van der Waals surface area contributed by atoms with E-state index in [1.807, 2.05) is 0 Å². The molecule has 4 heteroatoms. The molecule has 114 valence electrons. The highest BCUT2D eigenvalue weighted by molar-refractivity contribution is 5.75. The van der Waals surface area contributed by atoms with Crippen LogP contribution in [0.5, 0.6) is 0 Å². The summed E-state index contributed by atoms with van der Waals surface area (Å²) in [6, 6.07) is 6.55. The van der Waals surface area contributed by atoms with Gasteiger partial charge in [0.15, 0.2) is 0 Å². The van der Waals surface area contributed by atoms with Crippen molar-refractivity contribution in [1.29, 1.82) is 0 Å². The van der Waals surface area contributed by atoms with E-state index in [9.17, 15) is 9.90 Å². The number of nitrogens with one attached hydrogen (secondary N) is 1. The molecule has 3 rings (SSSR count). The molecule has 1 aromatic carbocycles. The Kier molecular flexibility index (Phi) is 3.89. The van der Waals surface area contributed by atoms with Crippen LogP contribution in [0.2, 0.25) is 0 Å². The fraction of sp³-hybridized carbons (Fsp3) is 0.588. The third-order valence-electron chi connectivity index (χ3n) is 4.88. The molecule has 21 heavy (non-hydrogen) atoms. The summed E-state index contributed by atoms with van der Waals surface area (Å²) in [6.07, 6.45) is 2.90. The second kappa shape index (κ2) is 5.68. The number of nitrogens with zero attached hydrogens (tertiary/aromatic N) is 1. The first kappa shape index (κ1) is 14.4. The molecule has 4 nitrogen and oxygen atoms in total. The largest absolute Gasteiger partial charge is 0.394 e. The fourth-order valence-electron chi connectivity index (χ4n) is 3.69. The minimum absolute atomic E-state index is 0.0151. The van der Waals surface area contributed by atoms with Crippen LogP contribution in [0.15, 0.2) is 18.2 Å². The van der Waals surface area contributed by atoms with Crippen LogP contribution in [0.1, 0.15) is 42.5 Å². The SMILES string of the molecule is Cc1ccc2c(c1)[C@@H](NC(=O)N1CCC[C@H]1CO)[C@@H](C)C2. The Bertz CT molecular complexity index is 544.